The average molecular weight is 417 g/mol. The summed E-state index contributed by atoms with van der Waals surface area (Å²) in [6.07, 6.45) is 2.23. The number of rotatable bonds is 5. The number of aryl methyl sites for hydroxylation is 3. The van der Waals surface area contributed by atoms with Crippen molar-refractivity contribution >= 4 is 23.4 Å². The summed E-state index contributed by atoms with van der Waals surface area (Å²) in [6, 6.07) is 14.0. The molecule has 31 heavy (non-hydrogen) atoms. The van der Waals surface area contributed by atoms with Gasteiger partial charge in [-0.25, -0.2) is 15.0 Å². The van der Waals surface area contributed by atoms with Gasteiger partial charge in [-0.05, 0) is 44.0 Å². The van der Waals surface area contributed by atoms with Crippen molar-refractivity contribution in [3.8, 4) is 0 Å². The number of carbonyl (C=O) groups excluding carboxylic acids is 1. The number of pyridine rings is 1. The molecule has 1 fully saturated rings. The molecule has 0 aliphatic carbocycles. The first-order valence-electron chi connectivity index (χ1n) is 10.6. The lowest BCUT2D eigenvalue weighted by Gasteiger charge is -2.35. The van der Waals surface area contributed by atoms with Gasteiger partial charge in [0, 0.05) is 38.4 Å². The van der Waals surface area contributed by atoms with E-state index in [0.29, 0.717) is 25.3 Å². The third-order valence-corrected chi connectivity index (χ3v) is 5.39. The normalized spacial score (nSPS) is 13.9. The van der Waals surface area contributed by atoms with Gasteiger partial charge in [0.15, 0.2) is 0 Å². The monoisotopic (exact) mass is 416 g/mol. The standard InChI is InChI=1S/C24H28N6O/c1-17-5-4-6-20(13-17)15-24(31)30-11-9-29(10-12-30)23-16-22(26-19(3)27-23)28-21-14-18(2)7-8-25-21/h4-8,13-14,16H,9-12,15H2,1-3H3,(H,25,26,27,28). The summed E-state index contributed by atoms with van der Waals surface area (Å²) < 4.78 is 0. The Kier molecular flexibility index (Phi) is 6.11. The minimum absolute atomic E-state index is 0.178. The highest BCUT2D eigenvalue weighted by molar-refractivity contribution is 5.79. The summed E-state index contributed by atoms with van der Waals surface area (Å²) in [5.41, 5.74) is 3.38. The first kappa shape index (κ1) is 20.8. The quantitative estimate of drug-likeness (QED) is 0.687. The molecular weight excluding hydrogens is 388 g/mol. The molecule has 160 valence electrons. The zero-order chi connectivity index (χ0) is 21.8. The zero-order valence-corrected chi connectivity index (χ0v) is 18.3. The van der Waals surface area contributed by atoms with Gasteiger partial charge in [0.1, 0.15) is 23.3 Å². The van der Waals surface area contributed by atoms with Gasteiger partial charge in [-0.1, -0.05) is 29.8 Å². The molecule has 1 aliphatic rings. The fourth-order valence-electron chi connectivity index (χ4n) is 3.81. The van der Waals surface area contributed by atoms with E-state index in [4.69, 9.17) is 0 Å². The number of aromatic nitrogens is 3. The maximum Gasteiger partial charge on any atom is 0.227 e. The van der Waals surface area contributed by atoms with E-state index >= 15 is 0 Å². The van der Waals surface area contributed by atoms with E-state index in [1.807, 2.05) is 49.1 Å². The van der Waals surface area contributed by atoms with Crippen molar-refractivity contribution in [1.29, 1.82) is 0 Å². The molecule has 0 bridgehead atoms. The predicted octanol–water partition coefficient (Wildman–Crippen LogP) is 3.43. The smallest absolute Gasteiger partial charge is 0.227 e. The first-order chi connectivity index (χ1) is 15.0. The van der Waals surface area contributed by atoms with Crippen LogP contribution in [0.4, 0.5) is 17.5 Å². The number of nitrogens with one attached hydrogen (secondary N) is 1. The largest absolute Gasteiger partial charge is 0.353 e. The van der Waals surface area contributed by atoms with Crippen LogP contribution in [0, 0.1) is 20.8 Å². The number of piperazine rings is 1. The van der Waals surface area contributed by atoms with E-state index in [1.165, 1.54) is 5.56 Å². The minimum Gasteiger partial charge on any atom is -0.353 e. The predicted molar refractivity (Wildman–Crippen MR) is 123 cm³/mol. The van der Waals surface area contributed by atoms with Crippen molar-refractivity contribution in [3.63, 3.8) is 0 Å². The lowest BCUT2D eigenvalue weighted by atomic mass is 10.1. The van der Waals surface area contributed by atoms with Gasteiger partial charge in [0.2, 0.25) is 5.91 Å². The number of anilines is 3. The van der Waals surface area contributed by atoms with Crippen molar-refractivity contribution in [2.24, 2.45) is 0 Å². The fourth-order valence-corrected chi connectivity index (χ4v) is 3.81. The number of carbonyl (C=O) groups is 1. The second-order valence-corrected chi connectivity index (χ2v) is 8.04. The lowest BCUT2D eigenvalue weighted by Crippen LogP contribution is -2.49. The van der Waals surface area contributed by atoms with Gasteiger partial charge in [-0.3, -0.25) is 4.79 Å². The lowest BCUT2D eigenvalue weighted by molar-refractivity contribution is -0.130. The number of hydrogen-bond donors (Lipinski definition) is 1. The summed E-state index contributed by atoms with van der Waals surface area (Å²) in [4.78, 5) is 30.3. The molecular formula is C24H28N6O. The Labute approximate surface area is 183 Å². The van der Waals surface area contributed by atoms with E-state index in [-0.39, 0.29) is 5.91 Å². The van der Waals surface area contributed by atoms with Crippen LogP contribution >= 0.6 is 0 Å². The number of nitrogens with zero attached hydrogens (tertiary/aromatic N) is 5. The van der Waals surface area contributed by atoms with Gasteiger partial charge in [-0.15, -0.1) is 0 Å². The molecule has 3 heterocycles. The highest BCUT2D eigenvalue weighted by Gasteiger charge is 2.22. The second-order valence-electron chi connectivity index (χ2n) is 8.04. The van der Waals surface area contributed by atoms with Crippen LogP contribution in [-0.4, -0.2) is 51.9 Å². The SMILES string of the molecule is Cc1cccc(CC(=O)N2CCN(c3cc(Nc4cc(C)ccn4)nc(C)n3)CC2)c1. The molecule has 0 unspecified atom stereocenters. The van der Waals surface area contributed by atoms with Crippen LogP contribution < -0.4 is 10.2 Å². The van der Waals surface area contributed by atoms with Crippen LogP contribution in [0.2, 0.25) is 0 Å². The molecule has 0 spiro atoms. The van der Waals surface area contributed by atoms with Crippen LogP contribution in [0.5, 0.6) is 0 Å². The Balaban J connectivity index is 1.39. The van der Waals surface area contributed by atoms with Crippen LogP contribution in [-0.2, 0) is 11.2 Å². The van der Waals surface area contributed by atoms with Gasteiger partial charge in [0.25, 0.3) is 0 Å². The average Bonchev–Trinajstić information content (AvgIpc) is 2.73. The first-order valence-corrected chi connectivity index (χ1v) is 10.6. The molecule has 1 amide bonds. The summed E-state index contributed by atoms with van der Waals surface area (Å²) in [6.45, 7) is 8.85. The zero-order valence-electron chi connectivity index (χ0n) is 18.3. The van der Waals surface area contributed by atoms with Crippen LogP contribution in [0.15, 0.2) is 48.7 Å². The van der Waals surface area contributed by atoms with Crippen molar-refractivity contribution in [1.82, 2.24) is 19.9 Å². The molecule has 0 saturated carbocycles. The highest BCUT2D eigenvalue weighted by atomic mass is 16.2. The maximum atomic E-state index is 12.7. The van der Waals surface area contributed by atoms with E-state index < -0.39 is 0 Å². The minimum atomic E-state index is 0.178. The Morgan fingerprint density at radius 2 is 1.71 bits per heavy atom. The van der Waals surface area contributed by atoms with Gasteiger partial charge >= 0.3 is 0 Å². The van der Waals surface area contributed by atoms with Gasteiger partial charge in [-0.2, -0.15) is 0 Å². The fraction of sp³-hybridized carbons (Fsp3) is 0.333. The van der Waals surface area contributed by atoms with Crippen LogP contribution in [0.3, 0.4) is 0 Å². The Morgan fingerprint density at radius 3 is 2.45 bits per heavy atom. The van der Waals surface area contributed by atoms with Crippen molar-refractivity contribution in [2.75, 3.05) is 36.4 Å². The molecule has 1 saturated heterocycles. The molecule has 7 heteroatoms. The molecule has 1 N–H and O–H groups in total. The van der Waals surface area contributed by atoms with Crippen molar-refractivity contribution < 1.29 is 4.79 Å². The number of amides is 1. The third-order valence-electron chi connectivity index (χ3n) is 5.39. The molecule has 4 rings (SSSR count). The van der Waals surface area contributed by atoms with E-state index in [9.17, 15) is 4.79 Å². The molecule has 2 aromatic heterocycles. The Hall–Kier alpha value is -3.48. The second kappa shape index (κ2) is 9.12. The summed E-state index contributed by atoms with van der Waals surface area (Å²) in [5.74, 6) is 3.23. The summed E-state index contributed by atoms with van der Waals surface area (Å²) in [5, 5.41) is 3.27. The third kappa shape index (κ3) is 5.36. The van der Waals surface area contributed by atoms with E-state index in [0.717, 1.165) is 41.7 Å². The molecule has 0 atom stereocenters. The van der Waals surface area contributed by atoms with Crippen molar-refractivity contribution in [2.45, 2.75) is 27.2 Å². The summed E-state index contributed by atoms with van der Waals surface area (Å²) in [7, 11) is 0. The van der Waals surface area contributed by atoms with E-state index in [2.05, 4.69) is 44.2 Å². The van der Waals surface area contributed by atoms with E-state index in [1.54, 1.807) is 6.20 Å². The highest BCUT2D eigenvalue weighted by Crippen LogP contribution is 2.21. The van der Waals surface area contributed by atoms with Gasteiger partial charge in [0.05, 0.1) is 6.42 Å². The summed E-state index contributed by atoms with van der Waals surface area (Å²) >= 11 is 0. The molecule has 1 aromatic carbocycles. The molecule has 7 nitrogen and oxygen atoms in total. The number of hydrogen-bond acceptors (Lipinski definition) is 6. The molecule has 0 radical (unpaired) electrons. The maximum absolute atomic E-state index is 12.7. The Morgan fingerprint density at radius 1 is 0.935 bits per heavy atom. The van der Waals surface area contributed by atoms with Crippen LogP contribution in [0.25, 0.3) is 0 Å². The Bertz CT molecular complexity index is 1080. The molecule has 3 aromatic rings. The number of benzene rings is 1. The van der Waals surface area contributed by atoms with Gasteiger partial charge < -0.3 is 15.1 Å². The topological polar surface area (TPSA) is 74.2 Å². The van der Waals surface area contributed by atoms with Crippen molar-refractivity contribution in [3.05, 3.63) is 71.2 Å². The van der Waals surface area contributed by atoms with Crippen LogP contribution in [0.1, 0.15) is 22.5 Å². The molecule has 1 aliphatic heterocycles.